The first kappa shape index (κ1) is 12.0. The molecule has 1 aliphatic rings. The van der Waals surface area contributed by atoms with Crippen molar-refractivity contribution in [2.24, 2.45) is 0 Å². The highest BCUT2D eigenvalue weighted by Gasteiger charge is 2.11. The SMILES string of the molecule is CCCCCCN1CCCCCC1=S. The molecule has 0 spiro atoms. The fourth-order valence-electron chi connectivity index (χ4n) is 2.00. The zero-order chi connectivity index (χ0) is 10.2. The van der Waals surface area contributed by atoms with E-state index >= 15 is 0 Å². The average Bonchev–Trinajstić information content (AvgIpc) is 2.39. The van der Waals surface area contributed by atoms with E-state index in [0.717, 1.165) is 6.42 Å². The van der Waals surface area contributed by atoms with Gasteiger partial charge in [-0.2, -0.15) is 0 Å². The predicted molar refractivity (Wildman–Crippen MR) is 66.8 cm³/mol. The first-order chi connectivity index (χ1) is 6.84. The molecule has 1 nitrogen and oxygen atoms in total. The molecular weight excluding hydrogens is 190 g/mol. The van der Waals surface area contributed by atoms with Crippen LogP contribution in [0.25, 0.3) is 0 Å². The molecule has 1 fully saturated rings. The summed E-state index contributed by atoms with van der Waals surface area (Å²) in [5, 5.41) is 0. The van der Waals surface area contributed by atoms with Gasteiger partial charge in [-0.3, -0.25) is 0 Å². The molecule has 14 heavy (non-hydrogen) atoms. The molecule has 0 amide bonds. The van der Waals surface area contributed by atoms with Gasteiger partial charge in [0.15, 0.2) is 0 Å². The average molecular weight is 213 g/mol. The molecule has 0 aromatic rings. The van der Waals surface area contributed by atoms with Gasteiger partial charge < -0.3 is 4.90 Å². The molecule has 1 rings (SSSR count). The van der Waals surface area contributed by atoms with Crippen molar-refractivity contribution in [2.75, 3.05) is 13.1 Å². The van der Waals surface area contributed by atoms with E-state index in [-0.39, 0.29) is 0 Å². The molecule has 0 unspecified atom stereocenters. The van der Waals surface area contributed by atoms with E-state index in [9.17, 15) is 0 Å². The van der Waals surface area contributed by atoms with Crippen molar-refractivity contribution in [1.29, 1.82) is 0 Å². The third-order valence-electron chi connectivity index (χ3n) is 2.95. The molecular formula is C12H23NS. The Bertz CT molecular complexity index is 168. The van der Waals surface area contributed by atoms with Crippen LogP contribution in [-0.4, -0.2) is 23.0 Å². The van der Waals surface area contributed by atoms with E-state index in [1.54, 1.807) is 0 Å². The van der Waals surface area contributed by atoms with Crippen molar-refractivity contribution in [3.8, 4) is 0 Å². The summed E-state index contributed by atoms with van der Waals surface area (Å²) in [4.78, 5) is 3.66. The van der Waals surface area contributed by atoms with E-state index in [1.807, 2.05) is 0 Å². The number of unbranched alkanes of at least 4 members (excludes halogenated alkanes) is 3. The molecule has 0 aliphatic carbocycles. The van der Waals surface area contributed by atoms with Gasteiger partial charge in [0.05, 0.1) is 4.99 Å². The third kappa shape index (κ3) is 4.41. The van der Waals surface area contributed by atoms with Crippen molar-refractivity contribution in [1.82, 2.24) is 4.90 Å². The molecule has 1 saturated heterocycles. The molecule has 82 valence electrons. The third-order valence-corrected chi connectivity index (χ3v) is 3.42. The number of hydrogen-bond acceptors (Lipinski definition) is 1. The minimum absolute atomic E-state index is 1.16. The lowest BCUT2D eigenvalue weighted by atomic mass is 10.2. The minimum Gasteiger partial charge on any atom is -0.366 e. The van der Waals surface area contributed by atoms with Gasteiger partial charge >= 0.3 is 0 Å². The second-order valence-corrected chi connectivity index (χ2v) is 4.72. The highest BCUT2D eigenvalue weighted by Crippen LogP contribution is 2.13. The van der Waals surface area contributed by atoms with Gasteiger partial charge in [0.1, 0.15) is 0 Å². The quantitative estimate of drug-likeness (QED) is 0.505. The van der Waals surface area contributed by atoms with Crippen LogP contribution in [0.3, 0.4) is 0 Å². The minimum atomic E-state index is 1.16. The van der Waals surface area contributed by atoms with Crippen LogP contribution < -0.4 is 0 Å². The van der Waals surface area contributed by atoms with E-state index in [0.29, 0.717) is 0 Å². The van der Waals surface area contributed by atoms with Gasteiger partial charge in [-0.25, -0.2) is 0 Å². The lowest BCUT2D eigenvalue weighted by Crippen LogP contribution is -2.29. The highest BCUT2D eigenvalue weighted by molar-refractivity contribution is 7.80. The summed E-state index contributed by atoms with van der Waals surface area (Å²) >= 11 is 5.42. The Labute approximate surface area is 93.9 Å². The Kier molecular flexibility index (Phi) is 6.17. The van der Waals surface area contributed by atoms with Crippen LogP contribution in [0.2, 0.25) is 0 Å². The Hall–Kier alpha value is -0.110. The monoisotopic (exact) mass is 213 g/mol. The van der Waals surface area contributed by atoms with Crippen LogP contribution in [0, 0.1) is 0 Å². The van der Waals surface area contributed by atoms with Crippen LogP contribution in [0.4, 0.5) is 0 Å². The zero-order valence-corrected chi connectivity index (χ0v) is 10.2. The fourth-order valence-corrected chi connectivity index (χ4v) is 2.33. The molecule has 0 saturated carbocycles. The predicted octanol–water partition coefficient (Wildman–Crippen LogP) is 3.77. The molecule has 1 aliphatic heterocycles. The number of likely N-dealkylation sites (tertiary alicyclic amines) is 1. The number of thiocarbonyl (C=S) groups is 1. The highest BCUT2D eigenvalue weighted by atomic mass is 32.1. The first-order valence-electron chi connectivity index (χ1n) is 6.12. The lowest BCUT2D eigenvalue weighted by Gasteiger charge is -2.22. The lowest BCUT2D eigenvalue weighted by molar-refractivity contribution is 0.403. The zero-order valence-electron chi connectivity index (χ0n) is 9.43. The second kappa shape index (κ2) is 7.22. The molecule has 0 N–H and O–H groups in total. The van der Waals surface area contributed by atoms with Crippen LogP contribution in [0.5, 0.6) is 0 Å². The maximum Gasteiger partial charge on any atom is 0.0779 e. The Morgan fingerprint density at radius 3 is 2.79 bits per heavy atom. The van der Waals surface area contributed by atoms with Crippen LogP contribution in [0.15, 0.2) is 0 Å². The molecule has 1 heterocycles. The second-order valence-electron chi connectivity index (χ2n) is 4.25. The van der Waals surface area contributed by atoms with Crippen molar-refractivity contribution < 1.29 is 0 Å². The van der Waals surface area contributed by atoms with Gasteiger partial charge in [-0.15, -0.1) is 0 Å². The van der Waals surface area contributed by atoms with Crippen LogP contribution in [0.1, 0.15) is 58.3 Å². The number of rotatable bonds is 5. The van der Waals surface area contributed by atoms with Gasteiger partial charge in [-0.05, 0) is 25.7 Å². The smallest absolute Gasteiger partial charge is 0.0779 e. The van der Waals surface area contributed by atoms with Gasteiger partial charge in [0.2, 0.25) is 0 Å². The van der Waals surface area contributed by atoms with E-state index < -0.39 is 0 Å². The van der Waals surface area contributed by atoms with Crippen LogP contribution >= 0.6 is 12.2 Å². The number of hydrogen-bond donors (Lipinski definition) is 0. The summed E-state index contributed by atoms with van der Waals surface area (Å²) in [6.07, 6.45) is 10.6. The molecule has 0 radical (unpaired) electrons. The fraction of sp³-hybridized carbons (Fsp3) is 0.917. The molecule has 0 atom stereocenters. The summed E-state index contributed by atoms with van der Waals surface area (Å²) in [5.74, 6) is 0. The van der Waals surface area contributed by atoms with Crippen molar-refractivity contribution >= 4 is 17.2 Å². The van der Waals surface area contributed by atoms with Gasteiger partial charge in [0, 0.05) is 13.1 Å². The Balaban J connectivity index is 2.16. The largest absolute Gasteiger partial charge is 0.366 e. The maximum absolute atomic E-state index is 5.42. The van der Waals surface area contributed by atoms with E-state index in [1.165, 1.54) is 63.0 Å². The summed E-state index contributed by atoms with van der Waals surface area (Å²) in [7, 11) is 0. The molecule has 2 heteroatoms. The Morgan fingerprint density at radius 1 is 1.14 bits per heavy atom. The van der Waals surface area contributed by atoms with Gasteiger partial charge in [-0.1, -0.05) is 44.8 Å². The molecule has 0 aromatic carbocycles. The molecule has 0 aromatic heterocycles. The van der Waals surface area contributed by atoms with E-state index in [2.05, 4.69) is 11.8 Å². The summed E-state index contributed by atoms with van der Waals surface area (Å²) in [5.41, 5.74) is 0. The maximum atomic E-state index is 5.42. The summed E-state index contributed by atoms with van der Waals surface area (Å²) in [6, 6.07) is 0. The van der Waals surface area contributed by atoms with Crippen molar-refractivity contribution in [2.45, 2.75) is 58.3 Å². The Morgan fingerprint density at radius 2 is 2.00 bits per heavy atom. The van der Waals surface area contributed by atoms with Crippen LogP contribution in [-0.2, 0) is 0 Å². The normalized spacial score (nSPS) is 18.4. The number of nitrogens with zero attached hydrogens (tertiary/aromatic N) is 1. The van der Waals surface area contributed by atoms with Gasteiger partial charge in [0.25, 0.3) is 0 Å². The summed E-state index contributed by atoms with van der Waals surface area (Å²) in [6.45, 7) is 4.68. The standard InChI is InChI=1S/C12H23NS/c1-2-3-4-7-10-13-11-8-5-6-9-12(13)14/h2-11H2,1H3. The van der Waals surface area contributed by atoms with Crippen molar-refractivity contribution in [3.63, 3.8) is 0 Å². The topological polar surface area (TPSA) is 3.24 Å². The molecule has 0 bridgehead atoms. The van der Waals surface area contributed by atoms with Crippen molar-refractivity contribution in [3.05, 3.63) is 0 Å². The summed E-state index contributed by atoms with van der Waals surface area (Å²) < 4.78 is 0. The van der Waals surface area contributed by atoms with E-state index in [4.69, 9.17) is 12.2 Å². The first-order valence-corrected chi connectivity index (χ1v) is 6.53.